The SMILES string of the molecule is COC(=O)[C@H]1C2CCC(CC2)[C@@H]1Nc1nc(-c2cn(S(=O)(=O)c3ccc(C)cc3)c3ncncc23)c(C#N)cc1F. The number of nitrogens with one attached hydrogen (secondary N) is 1. The van der Waals surface area contributed by atoms with Crippen LogP contribution in [0.2, 0.25) is 0 Å². The van der Waals surface area contributed by atoms with Crippen LogP contribution in [-0.2, 0) is 19.6 Å². The number of carbonyl (C=O) groups is 1. The first-order valence-electron chi connectivity index (χ1n) is 13.3. The lowest BCUT2D eigenvalue weighted by atomic mass is 9.61. The van der Waals surface area contributed by atoms with Gasteiger partial charge in [-0.2, -0.15) is 5.26 Å². The number of hydrogen-bond donors (Lipinski definition) is 1. The van der Waals surface area contributed by atoms with Gasteiger partial charge in [0.15, 0.2) is 17.3 Å². The summed E-state index contributed by atoms with van der Waals surface area (Å²) in [4.78, 5) is 25.6. The summed E-state index contributed by atoms with van der Waals surface area (Å²) in [7, 11) is -2.73. The van der Waals surface area contributed by atoms with Gasteiger partial charge in [0.05, 0.1) is 29.2 Å². The van der Waals surface area contributed by atoms with Crippen LogP contribution in [-0.4, -0.2) is 46.5 Å². The first-order chi connectivity index (χ1) is 19.7. The normalized spacial score (nSPS) is 21.9. The van der Waals surface area contributed by atoms with Gasteiger partial charge in [0.1, 0.15) is 12.4 Å². The van der Waals surface area contributed by atoms with E-state index in [1.165, 1.54) is 38.0 Å². The molecule has 3 fully saturated rings. The van der Waals surface area contributed by atoms with Gasteiger partial charge in [-0.15, -0.1) is 0 Å². The number of rotatable bonds is 6. The molecule has 2 atom stereocenters. The van der Waals surface area contributed by atoms with Crippen molar-refractivity contribution in [1.82, 2.24) is 18.9 Å². The molecule has 12 heteroatoms. The van der Waals surface area contributed by atoms with Crippen LogP contribution in [0.4, 0.5) is 10.2 Å². The van der Waals surface area contributed by atoms with E-state index in [1.807, 2.05) is 13.0 Å². The Morgan fingerprint density at radius 3 is 2.56 bits per heavy atom. The summed E-state index contributed by atoms with van der Waals surface area (Å²) in [6.45, 7) is 1.86. The maximum Gasteiger partial charge on any atom is 0.311 e. The highest BCUT2D eigenvalue weighted by Gasteiger charge is 2.48. The van der Waals surface area contributed by atoms with E-state index in [9.17, 15) is 18.5 Å². The molecule has 1 N–H and O–H groups in total. The summed E-state index contributed by atoms with van der Waals surface area (Å²) in [5, 5.41) is 13.4. The van der Waals surface area contributed by atoms with Crippen molar-refractivity contribution >= 4 is 32.8 Å². The Morgan fingerprint density at radius 2 is 1.88 bits per heavy atom. The second-order valence-electron chi connectivity index (χ2n) is 10.6. The number of benzene rings is 1. The molecule has 3 aliphatic rings. The van der Waals surface area contributed by atoms with E-state index in [-0.39, 0.29) is 57.0 Å². The molecule has 0 radical (unpaired) electrons. The van der Waals surface area contributed by atoms with Crippen LogP contribution in [0.3, 0.4) is 0 Å². The number of ether oxygens (including phenoxy) is 1. The third-order valence-corrected chi connectivity index (χ3v) is 10.0. The summed E-state index contributed by atoms with van der Waals surface area (Å²) in [5.74, 6) is -1.38. The fourth-order valence-electron chi connectivity index (χ4n) is 6.30. The lowest BCUT2D eigenvalue weighted by Crippen LogP contribution is -2.52. The Morgan fingerprint density at radius 1 is 1.17 bits per heavy atom. The highest BCUT2D eigenvalue weighted by molar-refractivity contribution is 7.90. The lowest BCUT2D eigenvalue weighted by Gasteiger charge is -2.47. The van der Waals surface area contributed by atoms with Gasteiger partial charge >= 0.3 is 5.97 Å². The number of pyridine rings is 1. The molecule has 0 amide bonds. The van der Waals surface area contributed by atoms with Crippen LogP contribution in [0.25, 0.3) is 22.3 Å². The number of aromatic nitrogens is 4. The molecular weight excluding hydrogens is 547 g/mol. The Bertz CT molecular complexity index is 1810. The van der Waals surface area contributed by atoms with Crippen LogP contribution < -0.4 is 5.32 Å². The number of carbonyl (C=O) groups excluding carboxylic acids is 1. The molecule has 4 aromatic rings. The third kappa shape index (κ3) is 4.50. The van der Waals surface area contributed by atoms with Gasteiger partial charge in [-0.3, -0.25) is 4.79 Å². The number of fused-ring (bicyclic) bond motifs is 4. The molecule has 2 bridgehead atoms. The van der Waals surface area contributed by atoms with E-state index in [0.29, 0.717) is 5.39 Å². The quantitative estimate of drug-likeness (QED) is 0.331. The van der Waals surface area contributed by atoms with Crippen LogP contribution in [0.15, 0.2) is 53.9 Å². The molecule has 210 valence electrons. The summed E-state index contributed by atoms with van der Waals surface area (Å²) in [5.41, 5.74) is 1.24. The minimum Gasteiger partial charge on any atom is -0.469 e. The fourth-order valence-corrected chi connectivity index (χ4v) is 7.63. The van der Waals surface area contributed by atoms with E-state index >= 15 is 4.39 Å². The molecule has 41 heavy (non-hydrogen) atoms. The monoisotopic (exact) mass is 574 g/mol. The minimum atomic E-state index is -4.08. The molecule has 0 saturated heterocycles. The van der Waals surface area contributed by atoms with Crippen molar-refractivity contribution in [1.29, 1.82) is 5.26 Å². The Balaban J connectivity index is 1.47. The number of methoxy groups -OCH3 is 1. The van der Waals surface area contributed by atoms with Crippen LogP contribution in [0.5, 0.6) is 0 Å². The molecule has 7 rings (SSSR count). The fraction of sp³-hybridized carbons (Fsp3) is 0.345. The summed E-state index contributed by atoms with van der Waals surface area (Å²) in [6, 6.07) is 9.06. The highest BCUT2D eigenvalue weighted by Crippen LogP contribution is 2.47. The van der Waals surface area contributed by atoms with Crippen LogP contribution >= 0.6 is 0 Å². The smallest absolute Gasteiger partial charge is 0.311 e. The zero-order valence-electron chi connectivity index (χ0n) is 22.4. The third-order valence-electron chi connectivity index (χ3n) is 8.36. The summed E-state index contributed by atoms with van der Waals surface area (Å²) >= 11 is 0. The number of aryl methyl sites for hydroxylation is 1. The number of nitriles is 1. The van der Waals surface area contributed by atoms with E-state index in [2.05, 4.69) is 20.3 Å². The van der Waals surface area contributed by atoms with Gasteiger partial charge in [-0.05, 0) is 62.6 Å². The molecule has 0 unspecified atom stereocenters. The molecule has 1 aromatic carbocycles. The van der Waals surface area contributed by atoms with Crippen molar-refractivity contribution in [3.05, 3.63) is 66.0 Å². The van der Waals surface area contributed by atoms with Gasteiger partial charge < -0.3 is 10.1 Å². The molecule has 3 saturated carbocycles. The van der Waals surface area contributed by atoms with E-state index in [4.69, 9.17) is 4.74 Å². The van der Waals surface area contributed by atoms with E-state index < -0.39 is 21.8 Å². The zero-order valence-corrected chi connectivity index (χ0v) is 23.2. The number of anilines is 1. The highest BCUT2D eigenvalue weighted by atomic mass is 32.2. The van der Waals surface area contributed by atoms with Gasteiger partial charge in [-0.1, -0.05) is 17.7 Å². The topological polar surface area (TPSA) is 140 Å². The average Bonchev–Trinajstić information content (AvgIpc) is 3.39. The lowest BCUT2D eigenvalue weighted by molar-refractivity contribution is -0.152. The van der Waals surface area contributed by atoms with Crippen molar-refractivity contribution in [3.63, 3.8) is 0 Å². The van der Waals surface area contributed by atoms with Crippen LogP contribution in [0.1, 0.15) is 36.8 Å². The van der Waals surface area contributed by atoms with Gasteiger partial charge in [0.2, 0.25) is 0 Å². The maximum atomic E-state index is 15.4. The van der Waals surface area contributed by atoms with Crippen molar-refractivity contribution in [2.24, 2.45) is 17.8 Å². The predicted molar refractivity (Wildman–Crippen MR) is 148 cm³/mol. The maximum absolute atomic E-state index is 15.4. The molecular formula is C29H27FN6O4S. The number of hydrogen-bond acceptors (Lipinski definition) is 9. The number of halogens is 1. The molecule has 10 nitrogen and oxygen atoms in total. The van der Waals surface area contributed by atoms with Crippen LogP contribution in [0, 0.1) is 41.8 Å². The Kier molecular flexibility index (Phi) is 6.69. The number of esters is 1. The van der Waals surface area contributed by atoms with Gasteiger partial charge in [0.25, 0.3) is 10.0 Å². The molecule has 3 aromatic heterocycles. The second kappa shape index (κ2) is 10.2. The minimum absolute atomic E-state index is 0.0568. The largest absolute Gasteiger partial charge is 0.469 e. The first-order valence-corrected chi connectivity index (χ1v) is 14.8. The Hall–Kier alpha value is -4.37. The molecule has 0 spiro atoms. The predicted octanol–water partition coefficient (Wildman–Crippen LogP) is 4.44. The van der Waals surface area contributed by atoms with E-state index in [0.717, 1.165) is 41.3 Å². The molecule has 3 heterocycles. The first kappa shape index (κ1) is 26.8. The molecule has 3 aliphatic carbocycles. The standard InChI is InChI=1S/C29H27FN6O4S/c1-16-3-9-20(10-4-16)41(38,39)36-14-22(21-13-32-15-33-28(21)36)25-19(12-31)11-23(30)27(34-25)35-26-18-7-5-17(6-8-18)24(26)29(37)40-2/h3-4,9-11,13-15,17-18,24,26H,5-8H2,1-2H3,(H,34,35)/t17?,18?,24-,26-/m0/s1. The molecule has 0 aliphatic heterocycles. The van der Waals surface area contributed by atoms with Gasteiger partial charge in [-0.25, -0.2) is 31.7 Å². The number of nitrogens with zero attached hydrogens (tertiary/aromatic N) is 5. The summed E-state index contributed by atoms with van der Waals surface area (Å²) < 4.78 is 48.8. The van der Waals surface area contributed by atoms with Crippen molar-refractivity contribution in [2.75, 3.05) is 12.4 Å². The average molecular weight is 575 g/mol. The van der Waals surface area contributed by atoms with Crippen molar-refractivity contribution in [2.45, 2.75) is 43.5 Å². The van der Waals surface area contributed by atoms with Gasteiger partial charge in [0, 0.05) is 29.4 Å². The summed E-state index contributed by atoms with van der Waals surface area (Å²) in [6.07, 6.45) is 7.63. The van der Waals surface area contributed by atoms with E-state index in [1.54, 1.807) is 12.1 Å². The second-order valence-corrected chi connectivity index (χ2v) is 12.5. The Labute approximate surface area is 236 Å². The van der Waals surface area contributed by atoms with Crippen molar-refractivity contribution in [3.8, 4) is 17.3 Å². The zero-order chi connectivity index (χ0) is 28.9. The van der Waals surface area contributed by atoms with Crippen molar-refractivity contribution < 1.29 is 22.3 Å².